The highest BCUT2D eigenvalue weighted by molar-refractivity contribution is 6.31. The number of aromatic nitrogens is 2. The number of H-pyrrole nitrogens is 1. The molecule has 2 atom stereocenters. The number of aromatic amines is 1. The molecule has 0 unspecified atom stereocenters. The molecule has 4 rings (SSSR count). The van der Waals surface area contributed by atoms with E-state index in [-0.39, 0.29) is 5.91 Å². The van der Waals surface area contributed by atoms with Crippen LogP contribution in [0.3, 0.4) is 0 Å². The molecule has 3 N–H and O–H groups in total. The largest absolute Gasteiger partial charge is 0.380 e. The van der Waals surface area contributed by atoms with E-state index in [1.165, 1.54) is 0 Å². The number of ether oxygens (including phenoxy) is 1. The highest BCUT2D eigenvalue weighted by Gasteiger charge is 2.50. The molecule has 2 fully saturated rings. The van der Waals surface area contributed by atoms with Crippen molar-refractivity contribution in [2.45, 2.75) is 13.0 Å². The van der Waals surface area contributed by atoms with Gasteiger partial charge >= 0.3 is 0 Å². The van der Waals surface area contributed by atoms with Crippen LogP contribution in [0.4, 0.5) is 0 Å². The van der Waals surface area contributed by atoms with Gasteiger partial charge in [0.05, 0.1) is 29.6 Å². The molecule has 1 amide bonds. The zero-order valence-corrected chi connectivity index (χ0v) is 13.4. The summed E-state index contributed by atoms with van der Waals surface area (Å²) in [6.07, 6.45) is 0.934. The van der Waals surface area contributed by atoms with E-state index in [2.05, 4.69) is 20.6 Å². The molecule has 0 saturated carbocycles. The lowest BCUT2D eigenvalue weighted by Crippen LogP contribution is -2.51. The van der Waals surface area contributed by atoms with Crippen LogP contribution in [0.1, 0.15) is 12.2 Å². The van der Waals surface area contributed by atoms with E-state index in [0.717, 1.165) is 36.4 Å². The van der Waals surface area contributed by atoms with Crippen molar-refractivity contribution >= 4 is 28.5 Å². The Morgan fingerprint density at radius 3 is 3.35 bits per heavy atom. The molecule has 1 aromatic carbocycles. The van der Waals surface area contributed by atoms with Gasteiger partial charge in [-0.05, 0) is 37.1 Å². The SMILES string of the molecule is O=C(NCc1nc2ccc(Cl)cc2[nH]1)[C@]12CNC[C@H]1CCOC2. The molecule has 23 heavy (non-hydrogen) atoms. The van der Waals surface area contributed by atoms with Gasteiger partial charge in [-0.1, -0.05) is 11.6 Å². The van der Waals surface area contributed by atoms with E-state index in [1.54, 1.807) is 6.07 Å². The van der Waals surface area contributed by atoms with Crippen LogP contribution < -0.4 is 10.6 Å². The maximum atomic E-state index is 12.8. The third-order valence-corrected chi connectivity index (χ3v) is 5.18. The van der Waals surface area contributed by atoms with E-state index >= 15 is 0 Å². The maximum Gasteiger partial charge on any atom is 0.230 e. The average Bonchev–Trinajstić information content (AvgIpc) is 3.16. The Kier molecular flexibility index (Phi) is 3.75. The summed E-state index contributed by atoms with van der Waals surface area (Å²) in [5.74, 6) is 1.13. The molecule has 0 aliphatic carbocycles. The second-order valence-electron chi connectivity index (χ2n) is 6.35. The van der Waals surface area contributed by atoms with Gasteiger partial charge in [0.1, 0.15) is 5.82 Å². The van der Waals surface area contributed by atoms with Crippen molar-refractivity contribution in [1.29, 1.82) is 0 Å². The lowest BCUT2D eigenvalue weighted by molar-refractivity contribution is -0.141. The number of amides is 1. The normalized spacial score (nSPS) is 27.1. The number of hydrogen-bond donors (Lipinski definition) is 3. The standard InChI is InChI=1S/C16H19ClN4O2/c17-11-1-2-12-13(5-11)21-14(20-12)7-19-15(22)16-8-18-6-10(16)3-4-23-9-16/h1-2,5,10,18H,3-4,6-9H2,(H,19,22)(H,20,21)/t10-,16+/m1/s1. The summed E-state index contributed by atoms with van der Waals surface area (Å²) < 4.78 is 5.58. The van der Waals surface area contributed by atoms with Gasteiger partial charge in [-0.15, -0.1) is 0 Å². The summed E-state index contributed by atoms with van der Waals surface area (Å²) in [5, 5.41) is 7.02. The molecule has 2 saturated heterocycles. The minimum atomic E-state index is -0.437. The molecule has 0 bridgehead atoms. The van der Waals surface area contributed by atoms with Gasteiger partial charge in [0, 0.05) is 18.2 Å². The summed E-state index contributed by atoms with van der Waals surface area (Å²) in [7, 11) is 0. The molecule has 3 heterocycles. The predicted octanol–water partition coefficient (Wildman–Crippen LogP) is 1.46. The van der Waals surface area contributed by atoms with Crippen molar-refractivity contribution in [3.8, 4) is 0 Å². The first-order valence-corrected chi connectivity index (χ1v) is 8.26. The smallest absolute Gasteiger partial charge is 0.230 e. The van der Waals surface area contributed by atoms with Gasteiger partial charge in [-0.3, -0.25) is 4.79 Å². The quantitative estimate of drug-likeness (QED) is 0.794. The fourth-order valence-electron chi connectivity index (χ4n) is 3.63. The Hall–Kier alpha value is -1.63. The third kappa shape index (κ3) is 2.60. The number of nitrogens with zero attached hydrogens (tertiary/aromatic N) is 1. The summed E-state index contributed by atoms with van der Waals surface area (Å²) in [5.41, 5.74) is 1.28. The first kappa shape index (κ1) is 14.9. The summed E-state index contributed by atoms with van der Waals surface area (Å²) in [6.45, 7) is 3.18. The molecule has 1 aromatic heterocycles. The number of carbonyl (C=O) groups excluding carboxylic acids is 1. The van der Waals surface area contributed by atoms with E-state index in [0.29, 0.717) is 30.6 Å². The van der Waals surface area contributed by atoms with Crippen molar-refractivity contribution in [2.24, 2.45) is 11.3 Å². The van der Waals surface area contributed by atoms with Crippen LogP contribution in [0.2, 0.25) is 5.02 Å². The Morgan fingerprint density at radius 1 is 1.52 bits per heavy atom. The summed E-state index contributed by atoms with van der Waals surface area (Å²) in [6, 6.07) is 5.50. The summed E-state index contributed by atoms with van der Waals surface area (Å²) in [4.78, 5) is 20.4. The van der Waals surface area contributed by atoms with Crippen LogP contribution in [-0.4, -0.2) is 42.2 Å². The lowest BCUT2D eigenvalue weighted by Gasteiger charge is -2.36. The molecule has 2 aliphatic heterocycles. The van der Waals surface area contributed by atoms with Gasteiger partial charge in [0.15, 0.2) is 0 Å². The van der Waals surface area contributed by atoms with Gasteiger partial charge in [0.2, 0.25) is 5.91 Å². The Bertz CT molecular complexity index is 747. The van der Waals surface area contributed by atoms with E-state index < -0.39 is 5.41 Å². The van der Waals surface area contributed by atoms with Crippen LogP contribution in [0.25, 0.3) is 11.0 Å². The second-order valence-corrected chi connectivity index (χ2v) is 6.79. The molecule has 2 aromatic rings. The fourth-order valence-corrected chi connectivity index (χ4v) is 3.80. The number of nitrogens with one attached hydrogen (secondary N) is 3. The van der Waals surface area contributed by atoms with Gasteiger partial charge in [-0.25, -0.2) is 4.98 Å². The minimum absolute atomic E-state index is 0.0469. The van der Waals surface area contributed by atoms with Crippen LogP contribution in [0.5, 0.6) is 0 Å². The molecule has 122 valence electrons. The van der Waals surface area contributed by atoms with Crippen LogP contribution in [0.15, 0.2) is 18.2 Å². The second kappa shape index (κ2) is 5.78. The summed E-state index contributed by atoms with van der Waals surface area (Å²) >= 11 is 5.98. The Morgan fingerprint density at radius 2 is 2.43 bits per heavy atom. The first-order valence-electron chi connectivity index (χ1n) is 7.88. The van der Waals surface area contributed by atoms with Crippen LogP contribution >= 0.6 is 11.6 Å². The van der Waals surface area contributed by atoms with E-state index in [9.17, 15) is 4.79 Å². The fraction of sp³-hybridized carbons (Fsp3) is 0.500. The number of carbonyl (C=O) groups is 1. The van der Waals surface area contributed by atoms with Gasteiger partial charge in [-0.2, -0.15) is 0 Å². The molecule has 0 spiro atoms. The number of halogens is 1. The molecule has 6 nitrogen and oxygen atoms in total. The molecular formula is C16H19ClN4O2. The number of imidazole rings is 1. The molecule has 7 heteroatoms. The van der Waals surface area contributed by atoms with Gasteiger partial charge in [0.25, 0.3) is 0 Å². The van der Waals surface area contributed by atoms with Crippen molar-refractivity contribution in [3.05, 3.63) is 29.0 Å². The maximum absolute atomic E-state index is 12.8. The number of hydrogen-bond acceptors (Lipinski definition) is 4. The Labute approximate surface area is 138 Å². The van der Waals surface area contributed by atoms with Gasteiger partial charge < -0.3 is 20.4 Å². The topological polar surface area (TPSA) is 79.0 Å². The van der Waals surface area contributed by atoms with Crippen LogP contribution in [0, 0.1) is 11.3 Å². The highest BCUT2D eigenvalue weighted by atomic mass is 35.5. The molecular weight excluding hydrogens is 316 g/mol. The monoisotopic (exact) mass is 334 g/mol. The van der Waals surface area contributed by atoms with E-state index in [4.69, 9.17) is 16.3 Å². The Balaban J connectivity index is 1.48. The van der Waals surface area contributed by atoms with Crippen molar-refractivity contribution in [2.75, 3.05) is 26.3 Å². The number of rotatable bonds is 3. The van der Waals surface area contributed by atoms with Crippen molar-refractivity contribution in [3.63, 3.8) is 0 Å². The zero-order chi connectivity index (χ0) is 15.9. The predicted molar refractivity (Wildman–Crippen MR) is 87.2 cm³/mol. The van der Waals surface area contributed by atoms with E-state index in [1.807, 2.05) is 12.1 Å². The minimum Gasteiger partial charge on any atom is -0.380 e. The number of benzene rings is 1. The highest BCUT2D eigenvalue weighted by Crippen LogP contribution is 2.37. The van der Waals surface area contributed by atoms with Crippen molar-refractivity contribution < 1.29 is 9.53 Å². The average molecular weight is 335 g/mol. The van der Waals surface area contributed by atoms with Crippen LogP contribution in [-0.2, 0) is 16.1 Å². The van der Waals surface area contributed by atoms with Crippen molar-refractivity contribution in [1.82, 2.24) is 20.6 Å². The number of fused-ring (bicyclic) bond motifs is 2. The lowest BCUT2D eigenvalue weighted by atomic mass is 9.75. The third-order valence-electron chi connectivity index (χ3n) is 4.94. The molecule has 0 radical (unpaired) electrons. The zero-order valence-electron chi connectivity index (χ0n) is 12.7. The first-order chi connectivity index (χ1) is 11.2. The molecule has 2 aliphatic rings.